The summed E-state index contributed by atoms with van der Waals surface area (Å²) in [6, 6.07) is 4.93. The molecule has 1 aliphatic rings. The first-order valence-corrected chi connectivity index (χ1v) is 10.8. The van der Waals surface area contributed by atoms with Crippen LogP contribution in [-0.4, -0.2) is 60.5 Å². The Kier molecular flexibility index (Phi) is 7.17. The number of carbonyl (C=O) groups excluding carboxylic acids is 1. The number of amides is 1. The fourth-order valence-electron chi connectivity index (χ4n) is 3.84. The molecule has 9 nitrogen and oxygen atoms in total. The number of nitrogens with zero attached hydrogens (tertiary/aromatic N) is 2. The van der Waals surface area contributed by atoms with Gasteiger partial charge in [-0.25, -0.2) is 14.8 Å². The van der Waals surface area contributed by atoms with Crippen molar-refractivity contribution in [3.63, 3.8) is 0 Å². The number of carbonyl (C=O) groups is 1. The minimum Gasteiger partial charge on any atom is -0.447 e. The van der Waals surface area contributed by atoms with Gasteiger partial charge in [0, 0.05) is 43.0 Å². The van der Waals surface area contributed by atoms with Gasteiger partial charge >= 0.3 is 12.3 Å². The predicted molar refractivity (Wildman–Crippen MR) is 121 cm³/mol. The Morgan fingerprint density at radius 3 is 2.88 bits per heavy atom. The Hall–Kier alpha value is -3.38. The van der Waals surface area contributed by atoms with Crippen LogP contribution in [0.25, 0.3) is 22.2 Å². The van der Waals surface area contributed by atoms with Crippen LogP contribution in [0.15, 0.2) is 30.6 Å². The van der Waals surface area contributed by atoms with Crippen molar-refractivity contribution in [3.05, 3.63) is 36.2 Å². The van der Waals surface area contributed by atoms with Gasteiger partial charge < -0.3 is 25.1 Å². The standard InChI is InChI=1S/C22H25F3N6O3/c1-33-8-9-34-21(32)30-17-6-2-5-14-15(11-27-19(14)17)18-16(22(23,24)25)12-28-20(31-18)29-13-4-3-7-26-10-13/h2,5-6,11-13,26-27H,3-4,7-10H2,1H3,(H,30,32)(H,28,29,31)/t13-/m0/s1. The van der Waals surface area contributed by atoms with Crippen LogP contribution in [0.5, 0.6) is 0 Å². The van der Waals surface area contributed by atoms with Crippen LogP contribution in [0.2, 0.25) is 0 Å². The smallest absolute Gasteiger partial charge is 0.419 e. The Bertz CT molecular complexity index is 1140. The molecule has 0 unspecified atom stereocenters. The fraction of sp³-hybridized carbons (Fsp3) is 0.409. The molecule has 0 saturated carbocycles. The second-order valence-corrected chi connectivity index (χ2v) is 7.83. The van der Waals surface area contributed by atoms with Crippen molar-refractivity contribution >= 4 is 28.6 Å². The monoisotopic (exact) mass is 478 g/mol. The van der Waals surface area contributed by atoms with Gasteiger partial charge in [0.2, 0.25) is 5.95 Å². The van der Waals surface area contributed by atoms with Gasteiger partial charge in [-0.2, -0.15) is 13.2 Å². The molecule has 3 aromatic rings. The van der Waals surface area contributed by atoms with E-state index in [1.807, 2.05) is 0 Å². The van der Waals surface area contributed by atoms with E-state index >= 15 is 0 Å². The van der Waals surface area contributed by atoms with Gasteiger partial charge in [-0.15, -0.1) is 0 Å². The molecule has 1 aliphatic heterocycles. The lowest BCUT2D eigenvalue weighted by Gasteiger charge is -2.24. The van der Waals surface area contributed by atoms with Crippen molar-refractivity contribution in [1.82, 2.24) is 20.3 Å². The van der Waals surface area contributed by atoms with Gasteiger partial charge in [0.1, 0.15) is 12.2 Å². The molecule has 34 heavy (non-hydrogen) atoms. The van der Waals surface area contributed by atoms with Gasteiger partial charge in [-0.1, -0.05) is 12.1 Å². The van der Waals surface area contributed by atoms with Crippen LogP contribution in [-0.2, 0) is 15.7 Å². The number of benzene rings is 1. The number of nitrogens with one attached hydrogen (secondary N) is 4. The van der Waals surface area contributed by atoms with Crippen LogP contribution < -0.4 is 16.0 Å². The van der Waals surface area contributed by atoms with E-state index in [9.17, 15) is 18.0 Å². The van der Waals surface area contributed by atoms with Crippen LogP contribution in [0, 0.1) is 0 Å². The number of hydrogen-bond acceptors (Lipinski definition) is 7. The molecule has 0 aliphatic carbocycles. The third-order valence-corrected chi connectivity index (χ3v) is 5.45. The molecule has 1 atom stereocenters. The van der Waals surface area contributed by atoms with Gasteiger partial charge in [0.15, 0.2) is 0 Å². The predicted octanol–water partition coefficient (Wildman–Crippen LogP) is 4.00. The number of alkyl halides is 3. The highest BCUT2D eigenvalue weighted by Crippen LogP contribution is 2.39. The van der Waals surface area contributed by atoms with Crippen molar-refractivity contribution in [3.8, 4) is 11.3 Å². The fourth-order valence-corrected chi connectivity index (χ4v) is 3.84. The number of hydrogen-bond donors (Lipinski definition) is 4. The number of anilines is 2. The molecule has 12 heteroatoms. The largest absolute Gasteiger partial charge is 0.447 e. The van der Waals surface area contributed by atoms with Gasteiger partial charge in [-0.3, -0.25) is 5.32 Å². The molecule has 1 fully saturated rings. The number of aromatic amines is 1. The Balaban J connectivity index is 1.68. The minimum absolute atomic E-state index is 0.0289. The van der Waals surface area contributed by atoms with Crippen molar-refractivity contribution in [2.24, 2.45) is 0 Å². The first kappa shape index (κ1) is 23.8. The average molecular weight is 478 g/mol. The number of halogens is 3. The van der Waals surface area contributed by atoms with E-state index in [0.717, 1.165) is 25.6 Å². The Labute approximate surface area is 193 Å². The molecule has 0 radical (unpaired) electrons. The van der Waals surface area contributed by atoms with E-state index < -0.39 is 17.8 Å². The third-order valence-electron chi connectivity index (χ3n) is 5.45. The Morgan fingerprint density at radius 1 is 1.29 bits per heavy atom. The summed E-state index contributed by atoms with van der Waals surface area (Å²) in [5.41, 5.74) is -0.150. The van der Waals surface area contributed by atoms with Gasteiger partial charge in [-0.05, 0) is 25.5 Å². The number of methoxy groups -OCH3 is 1. The highest BCUT2D eigenvalue weighted by Gasteiger charge is 2.36. The zero-order chi connectivity index (χ0) is 24.1. The topological polar surface area (TPSA) is 113 Å². The second-order valence-electron chi connectivity index (χ2n) is 7.83. The maximum Gasteiger partial charge on any atom is 0.419 e. The molecule has 0 spiro atoms. The molecular weight excluding hydrogens is 453 g/mol. The molecule has 1 amide bonds. The first-order chi connectivity index (χ1) is 16.4. The molecule has 2 aromatic heterocycles. The highest BCUT2D eigenvalue weighted by atomic mass is 19.4. The van der Waals surface area contributed by atoms with Crippen LogP contribution in [0.4, 0.5) is 29.6 Å². The van der Waals surface area contributed by atoms with Gasteiger partial charge in [0.05, 0.1) is 23.5 Å². The van der Waals surface area contributed by atoms with Crippen molar-refractivity contribution in [2.75, 3.05) is 44.0 Å². The normalized spacial score (nSPS) is 16.4. The highest BCUT2D eigenvalue weighted by molar-refractivity contribution is 6.04. The van der Waals surface area contributed by atoms with E-state index in [4.69, 9.17) is 9.47 Å². The number of ether oxygens (including phenoxy) is 2. The van der Waals surface area contributed by atoms with E-state index in [2.05, 4.69) is 30.9 Å². The van der Waals surface area contributed by atoms with Crippen LogP contribution in [0.1, 0.15) is 18.4 Å². The van der Waals surface area contributed by atoms with Crippen molar-refractivity contribution < 1.29 is 27.4 Å². The summed E-state index contributed by atoms with van der Waals surface area (Å²) in [6.45, 7) is 1.90. The number of H-pyrrole nitrogens is 1. The Morgan fingerprint density at radius 2 is 2.15 bits per heavy atom. The number of fused-ring (bicyclic) bond motifs is 1. The van der Waals surface area contributed by atoms with E-state index in [1.165, 1.54) is 13.3 Å². The van der Waals surface area contributed by atoms with E-state index in [1.54, 1.807) is 18.2 Å². The first-order valence-electron chi connectivity index (χ1n) is 10.8. The van der Waals surface area contributed by atoms with Crippen molar-refractivity contribution in [2.45, 2.75) is 25.1 Å². The number of aromatic nitrogens is 3. The molecular formula is C22H25F3N6O3. The summed E-state index contributed by atoms with van der Waals surface area (Å²) >= 11 is 0. The average Bonchev–Trinajstić information content (AvgIpc) is 3.24. The summed E-state index contributed by atoms with van der Waals surface area (Å²) in [6.07, 6.45) is -1.28. The quantitative estimate of drug-likeness (QED) is 0.380. The summed E-state index contributed by atoms with van der Waals surface area (Å²) in [5, 5.41) is 9.42. The lowest BCUT2D eigenvalue weighted by atomic mass is 10.0. The zero-order valence-corrected chi connectivity index (χ0v) is 18.5. The number of para-hydroxylation sites is 1. The van der Waals surface area contributed by atoms with E-state index in [0.29, 0.717) is 23.1 Å². The third kappa shape index (κ3) is 5.39. The zero-order valence-electron chi connectivity index (χ0n) is 18.5. The lowest BCUT2D eigenvalue weighted by Crippen LogP contribution is -2.38. The molecule has 0 bridgehead atoms. The second kappa shape index (κ2) is 10.3. The molecule has 4 rings (SSSR count). The molecule has 1 aromatic carbocycles. The molecule has 1 saturated heterocycles. The lowest BCUT2D eigenvalue weighted by molar-refractivity contribution is -0.137. The van der Waals surface area contributed by atoms with E-state index in [-0.39, 0.29) is 36.5 Å². The summed E-state index contributed by atoms with van der Waals surface area (Å²) in [4.78, 5) is 23.2. The SMILES string of the molecule is COCCOC(=O)Nc1cccc2c(-c3nc(N[C@H]4CCCNC4)ncc3C(F)(F)F)c[nH]c12. The summed E-state index contributed by atoms with van der Waals surface area (Å²) in [5.74, 6) is 0.127. The molecule has 4 N–H and O–H groups in total. The summed E-state index contributed by atoms with van der Waals surface area (Å²) < 4.78 is 51.3. The maximum absolute atomic E-state index is 13.8. The van der Waals surface area contributed by atoms with Crippen molar-refractivity contribution in [1.29, 1.82) is 0 Å². The van der Waals surface area contributed by atoms with Gasteiger partial charge in [0.25, 0.3) is 0 Å². The van der Waals surface area contributed by atoms with Crippen LogP contribution in [0.3, 0.4) is 0 Å². The maximum atomic E-state index is 13.8. The number of piperidine rings is 1. The minimum atomic E-state index is -4.65. The number of rotatable bonds is 7. The van der Waals surface area contributed by atoms with Crippen LogP contribution >= 0.6 is 0 Å². The molecule has 3 heterocycles. The summed E-state index contributed by atoms with van der Waals surface area (Å²) in [7, 11) is 1.48. The molecule has 182 valence electrons.